The molecule has 1 aromatic heterocycles. The molecule has 0 radical (unpaired) electrons. The average Bonchev–Trinajstić information content (AvgIpc) is 2.63. The van der Waals surface area contributed by atoms with E-state index in [0.29, 0.717) is 16.8 Å². The Morgan fingerprint density at radius 2 is 2.00 bits per heavy atom. The molecule has 0 aliphatic rings. The minimum Gasteiger partial charge on any atom is -0.487 e. The number of ether oxygens (including phenoxy) is 1. The van der Waals surface area contributed by atoms with Gasteiger partial charge in [-0.3, -0.25) is 0 Å². The zero-order valence-corrected chi connectivity index (χ0v) is 12.0. The van der Waals surface area contributed by atoms with Crippen LogP contribution in [-0.4, -0.2) is 0 Å². The number of rotatable bonds is 3. The molecule has 0 N–H and O–H groups in total. The van der Waals surface area contributed by atoms with Crippen LogP contribution in [0, 0.1) is 5.82 Å². The molecular formula is C11H7Br2FOS. The minimum atomic E-state index is -0.281. The van der Waals surface area contributed by atoms with Crippen molar-refractivity contribution in [3.63, 3.8) is 0 Å². The van der Waals surface area contributed by atoms with Crippen molar-refractivity contribution in [3.8, 4) is 5.75 Å². The second-order valence-corrected chi connectivity index (χ2v) is 5.76. The van der Waals surface area contributed by atoms with E-state index in [1.807, 2.05) is 11.4 Å². The Hall–Kier alpha value is -0.390. The molecule has 0 aliphatic heterocycles. The molecule has 0 saturated carbocycles. The Morgan fingerprint density at radius 1 is 1.19 bits per heavy atom. The standard InChI is InChI=1S/C11H7Br2FOS/c12-8-3-4-16-11(8)6-15-10-2-1-7(14)5-9(10)13/h1-5H,6H2. The van der Waals surface area contributed by atoms with Gasteiger partial charge in [-0.1, -0.05) is 0 Å². The summed E-state index contributed by atoms with van der Waals surface area (Å²) in [6, 6.07) is 6.35. The number of hydrogen-bond acceptors (Lipinski definition) is 2. The van der Waals surface area contributed by atoms with Crippen molar-refractivity contribution in [2.24, 2.45) is 0 Å². The summed E-state index contributed by atoms with van der Waals surface area (Å²) in [5.41, 5.74) is 0. The summed E-state index contributed by atoms with van der Waals surface area (Å²) < 4.78 is 20.1. The molecule has 0 spiro atoms. The number of hydrogen-bond donors (Lipinski definition) is 0. The third-order valence-electron chi connectivity index (χ3n) is 1.94. The van der Waals surface area contributed by atoms with Crippen molar-refractivity contribution in [2.45, 2.75) is 6.61 Å². The normalized spacial score (nSPS) is 10.4. The molecule has 2 rings (SSSR count). The quantitative estimate of drug-likeness (QED) is 0.744. The van der Waals surface area contributed by atoms with E-state index in [4.69, 9.17) is 4.74 Å². The summed E-state index contributed by atoms with van der Waals surface area (Å²) in [7, 11) is 0. The molecule has 1 heterocycles. The minimum absolute atomic E-state index is 0.281. The van der Waals surface area contributed by atoms with Crippen LogP contribution in [-0.2, 0) is 6.61 Å². The maximum absolute atomic E-state index is 12.8. The average molecular weight is 366 g/mol. The summed E-state index contributed by atoms with van der Waals surface area (Å²) in [4.78, 5) is 1.11. The third kappa shape index (κ3) is 2.84. The number of halogens is 3. The fraction of sp³-hybridized carbons (Fsp3) is 0.0909. The molecule has 84 valence electrons. The van der Waals surface area contributed by atoms with E-state index in [-0.39, 0.29) is 5.82 Å². The summed E-state index contributed by atoms with van der Waals surface area (Å²) in [5, 5.41) is 1.99. The van der Waals surface area contributed by atoms with E-state index < -0.39 is 0 Å². The Kier molecular flexibility index (Phi) is 4.00. The molecule has 0 unspecified atom stereocenters. The van der Waals surface area contributed by atoms with E-state index in [0.717, 1.165) is 9.35 Å². The Labute approximate surface area is 114 Å². The van der Waals surface area contributed by atoms with Gasteiger partial charge in [0.05, 0.1) is 9.35 Å². The van der Waals surface area contributed by atoms with E-state index in [9.17, 15) is 4.39 Å². The van der Waals surface area contributed by atoms with Gasteiger partial charge in [-0.2, -0.15) is 0 Å². The smallest absolute Gasteiger partial charge is 0.134 e. The lowest BCUT2D eigenvalue weighted by Crippen LogP contribution is -1.94. The van der Waals surface area contributed by atoms with Gasteiger partial charge in [0, 0.05) is 4.47 Å². The van der Waals surface area contributed by atoms with Crippen LogP contribution in [0.25, 0.3) is 0 Å². The van der Waals surface area contributed by atoms with Gasteiger partial charge in [0.25, 0.3) is 0 Å². The fourth-order valence-electron chi connectivity index (χ4n) is 1.16. The first-order valence-electron chi connectivity index (χ1n) is 4.46. The van der Waals surface area contributed by atoms with Crippen molar-refractivity contribution in [2.75, 3.05) is 0 Å². The van der Waals surface area contributed by atoms with E-state index in [1.165, 1.54) is 12.1 Å². The van der Waals surface area contributed by atoms with Gasteiger partial charge in [-0.05, 0) is 61.5 Å². The summed E-state index contributed by atoms with van der Waals surface area (Å²) in [6.07, 6.45) is 0. The van der Waals surface area contributed by atoms with Crippen LogP contribution >= 0.6 is 43.2 Å². The Bertz CT molecular complexity index is 498. The monoisotopic (exact) mass is 364 g/mol. The summed E-state index contributed by atoms with van der Waals surface area (Å²) in [6.45, 7) is 0.475. The number of benzene rings is 1. The molecule has 2 aromatic rings. The molecule has 5 heteroatoms. The highest BCUT2D eigenvalue weighted by molar-refractivity contribution is 9.10. The molecule has 0 aliphatic carbocycles. The van der Waals surface area contributed by atoms with Crippen molar-refractivity contribution < 1.29 is 9.13 Å². The zero-order chi connectivity index (χ0) is 11.5. The molecule has 0 atom stereocenters. The molecule has 1 aromatic carbocycles. The summed E-state index contributed by atoms with van der Waals surface area (Å²) in [5.74, 6) is 0.359. The van der Waals surface area contributed by atoms with Crippen LogP contribution in [0.4, 0.5) is 4.39 Å². The van der Waals surface area contributed by atoms with Crippen molar-refractivity contribution >= 4 is 43.2 Å². The van der Waals surface area contributed by atoms with Gasteiger partial charge in [-0.15, -0.1) is 11.3 Å². The third-order valence-corrected chi connectivity index (χ3v) is 4.46. The van der Waals surface area contributed by atoms with Crippen molar-refractivity contribution in [3.05, 3.63) is 49.3 Å². The maximum Gasteiger partial charge on any atom is 0.134 e. The second-order valence-electron chi connectivity index (χ2n) is 3.06. The van der Waals surface area contributed by atoms with Crippen molar-refractivity contribution in [1.82, 2.24) is 0 Å². The SMILES string of the molecule is Fc1ccc(OCc2sccc2Br)c(Br)c1. The highest BCUT2D eigenvalue weighted by Gasteiger charge is 2.05. The fourth-order valence-corrected chi connectivity index (χ4v) is 3.01. The molecular weight excluding hydrogens is 359 g/mol. The molecule has 0 saturated heterocycles. The highest BCUT2D eigenvalue weighted by atomic mass is 79.9. The lowest BCUT2D eigenvalue weighted by Gasteiger charge is -2.07. The molecule has 1 nitrogen and oxygen atoms in total. The van der Waals surface area contributed by atoms with Gasteiger partial charge < -0.3 is 4.74 Å². The van der Waals surface area contributed by atoms with Gasteiger partial charge in [0.1, 0.15) is 18.2 Å². The first-order chi connectivity index (χ1) is 7.66. The number of thiophene rings is 1. The Morgan fingerprint density at radius 3 is 2.62 bits per heavy atom. The lowest BCUT2D eigenvalue weighted by atomic mass is 10.3. The Balaban J connectivity index is 2.08. The maximum atomic E-state index is 12.8. The second kappa shape index (κ2) is 5.29. The van der Waals surface area contributed by atoms with E-state index in [2.05, 4.69) is 31.9 Å². The van der Waals surface area contributed by atoms with Crippen LogP contribution in [0.1, 0.15) is 4.88 Å². The van der Waals surface area contributed by atoms with Crippen LogP contribution < -0.4 is 4.74 Å². The van der Waals surface area contributed by atoms with Crippen LogP contribution in [0.5, 0.6) is 5.75 Å². The molecule has 0 fully saturated rings. The van der Waals surface area contributed by atoms with Gasteiger partial charge in [0.2, 0.25) is 0 Å². The largest absolute Gasteiger partial charge is 0.487 e. The first-order valence-corrected chi connectivity index (χ1v) is 6.93. The van der Waals surface area contributed by atoms with Gasteiger partial charge in [-0.25, -0.2) is 4.39 Å². The predicted molar refractivity (Wildman–Crippen MR) is 70.5 cm³/mol. The van der Waals surface area contributed by atoms with Crippen LogP contribution in [0.15, 0.2) is 38.6 Å². The molecule has 0 amide bonds. The van der Waals surface area contributed by atoms with Crippen molar-refractivity contribution in [1.29, 1.82) is 0 Å². The van der Waals surface area contributed by atoms with Crippen LogP contribution in [0.2, 0.25) is 0 Å². The predicted octanol–water partition coefficient (Wildman–Crippen LogP) is 4.99. The summed E-state index contributed by atoms with van der Waals surface area (Å²) >= 11 is 8.30. The van der Waals surface area contributed by atoms with E-state index in [1.54, 1.807) is 17.4 Å². The van der Waals surface area contributed by atoms with E-state index >= 15 is 0 Å². The van der Waals surface area contributed by atoms with Crippen LogP contribution in [0.3, 0.4) is 0 Å². The zero-order valence-electron chi connectivity index (χ0n) is 8.04. The highest BCUT2D eigenvalue weighted by Crippen LogP contribution is 2.28. The topological polar surface area (TPSA) is 9.23 Å². The van der Waals surface area contributed by atoms with Gasteiger partial charge >= 0.3 is 0 Å². The molecule has 0 bridgehead atoms. The molecule has 16 heavy (non-hydrogen) atoms. The first kappa shape index (κ1) is 12.1. The lowest BCUT2D eigenvalue weighted by molar-refractivity contribution is 0.306. The van der Waals surface area contributed by atoms with Gasteiger partial charge in [0.15, 0.2) is 0 Å².